The maximum absolute atomic E-state index is 11.8. The number of aryl methyl sites for hydroxylation is 2. The van der Waals surface area contributed by atoms with Crippen LogP contribution in [0.1, 0.15) is 29.5 Å². The predicted molar refractivity (Wildman–Crippen MR) is 71.9 cm³/mol. The quantitative estimate of drug-likeness (QED) is 0.795. The number of rotatable bonds is 5. The van der Waals surface area contributed by atoms with Gasteiger partial charge in [-0.1, -0.05) is 29.3 Å². The van der Waals surface area contributed by atoms with Crippen molar-refractivity contribution < 1.29 is 14.7 Å². The zero-order valence-corrected chi connectivity index (χ0v) is 11.3. The molecule has 1 saturated carbocycles. The summed E-state index contributed by atoms with van der Waals surface area (Å²) < 4.78 is 0. The van der Waals surface area contributed by atoms with Crippen molar-refractivity contribution in [2.45, 2.75) is 33.1 Å². The molecule has 0 unspecified atom stereocenters. The molecule has 1 aliphatic carbocycles. The van der Waals surface area contributed by atoms with Crippen molar-refractivity contribution in [3.8, 4) is 0 Å². The van der Waals surface area contributed by atoms with E-state index in [1.807, 2.05) is 13.8 Å². The molecule has 4 heteroatoms. The van der Waals surface area contributed by atoms with Gasteiger partial charge in [0, 0.05) is 6.54 Å². The van der Waals surface area contributed by atoms with E-state index in [-0.39, 0.29) is 5.91 Å². The zero-order valence-electron chi connectivity index (χ0n) is 11.3. The Hall–Kier alpha value is -1.84. The van der Waals surface area contributed by atoms with Crippen molar-refractivity contribution in [3.63, 3.8) is 0 Å². The van der Waals surface area contributed by atoms with Crippen LogP contribution in [0.15, 0.2) is 18.2 Å². The first-order chi connectivity index (χ1) is 8.94. The molecule has 1 aromatic carbocycles. The highest BCUT2D eigenvalue weighted by atomic mass is 16.4. The van der Waals surface area contributed by atoms with Crippen molar-refractivity contribution in [2.75, 3.05) is 6.54 Å². The molecule has 0 heterocycles. The maximum atomic E-state index is 11.8. The fraction of sp³-hybridized carbons (Fsp3) is 0.467. The molecule has 2 N–H and O–H groups in total. The van der Waals surface area contributed by atoms with Crippen LogP contribution in [-0.4, -0.2) is 23.5 Å². The maximum Gasteiger partial charge on any atom is 0.319 e. The number of nitrogens with one attached hydrogen (secondary N) is 1. The average molecular weight is 261 g/mol. The third kappa shape index (κ3) is 2.95. The summed E-state index contributed by atoms with van der Waals surface area (Å²) in [6, 6.07) is 6.28. The number of carbonyl (C=O) groups excluding carboxylic acids is 1. The van der Waals surface area contributed by atoms with Crippen molar-refractivity contribution >= 4 is 11.9 Å². The number of carboxylic acids is 1. The summed E-state index contributed by atoms with van der Waals surface area (Å²) >= 11 is 0. The third-order valence-electron chi connectivity index (χ3n) is 3.57. The van der Waals surface area contributed by atoms with Crippen LogP contribution in [0.5, 0.6) is 0 Å². The SMILES string of the molecule is Cc1cc(C)cc(CCNC(=O)C2(C(=O)O)CC2)c1. The van der Waals surface area contributed by atoms with Crippen molar-refractivity contribution in [2.24, 2.45) is 5.41 Å². The standard InChI is InChI=1S/C15H19NO3/c1-10-7-11(2)9-12(8-10)3-6-16-13(17)15(4-5-15)14(18)19/h7-9H,3-6H2,1-2H3,(H,16,17)(H,18,19). The average Bonchev–Trinajstić information content (AvgIpc) is 3.08. The van der Waals surface area contributed by atoms with Crippen molar-refractivity contribution in [3.05, 3.63) is 34.9 Å². The van der Waals surface area contributed by atoms with Gasteiger partial charge in [-0.15, -0.1) is 0 Å². The van der Waals surface area contributed by atoms with E-state index in [0.717, 1.165) is 12.0 Å². The van der Waals surface area contributed by atoms with Gasteiger partial charge >= 0.3 is 5.97 Å². The molecule has 1 amide bonds. The van der Waals surface area contributed by atoms with E-state index in [0.29, 0.717) is 19.4 Å². The Morgan fingerprint density at radius 1 is 1.21 bits per heavy atom. The Balaban J connectivity index is 1.87. The molecule has 0 spiro atoms. The molecule has 0 aliphatic heterocycles. The van der Waals surface area contributed by atoms with Crippen LogP contribution in [0.3, 0.4) is 0 Å². The molecule has 19 heavy (non-hydrogen) atoms. The molecule has 2 rings (SSSR count). The molecule has 0 aromatic heterocycles. The molecular weight excluding hydrogens is 242 g/mol. The summed E-state index contributed by atoms with van der Waals surface area (Å²) in [6.07, 6.45) is 1.64. The zero-order chi connectivity index (χ0) is 14.0. The highest BCUT2D eigenvalue weighted by Crippen LogP contribution is 2.45. The number of benzene rings is 1. The summed E-state index contributed by atoms with van der Waals surface area (Å²) in [4.78, 5) is 22.8. The fourth-order valence-electron chi connectivity index (χ4n) is 2.37. The number of carbonyl (C=O) groups is 2. The van der Waals surface area contributed by atoms with Gasteiger partial charge in [-0.2, -0.15) is 0 Å². The Kier molecular flexibility index (Phi) is 3.60. The van der Waals surface area contributed by atoms with Crippen LogP contribution in [0, 0.1) is 19.3 Å². The van der Waals surface area contributed by atoms with Crippen LogP contribution in [-0.2, 0) is 16.0 Å². The van der Waals surface area contributed by atoms with Gasteiger partial charge in [0.05, 0.1) is 0 Å². The molecule has 0 saturated heterocycles. The lowest BCUT2D eigenvalue weighted by atomic mass is 10.0. The summed E-state index contributed by atoms with van der Waals surface area (Å²) in [7, 11) is 0. The lowest BCUT2D eigenvalue weighted by Gasteiger charge is -2.11. The fourth-order valence-corrected chi connectivity index (χ4v) is 2.37. The first-order valence-corrected chi connectivity index (χ1v) is 6.53. The minimum atomic E-state index is -1.14. The molecule has 0 atom stereocenters. The van der Waals surface area contributed by atoms with Gasteiger partial charge in [0.15, 0.2) is 0 Å². The van der Waals surface area contributed by atoms with Gasteiger partial charge in [-0.05, 0) is 38.7 Å². The van der Waals surface area contributed by atoms with Gasteiger partial charge in [-0.3, -0.25) is 9.59 Å². The Bertz CT molecular complexity index is 498. The van der Waals surface area contributed by atoms with Crippen molar-refractivity contribution in [1.29, 1.82) is 0 Å². The Morgan fingerprint density at radius 3 is 2.26 bits per heavy atom. The minimum absolute atomic E-state index is 0.343. The van der Waals surface area contributed by atoms with Crippen LogP contribution < -0.4 is 5.32 Å². The second-order valence-corrected chi connectivity index (χ2v) is 5.39. The Labute approximate surface area is 112 Å². The second-order valence-electron chi connectivity index (χ2n) is 5.39. The minimum Gasteiger partial charge on any atom is -0.480 e. The molecular formula is C15H19NO3. The molecule has 1 aliphatic rings. The molecule has 0 bridgehead atoms. The lowest BCUT2D eigenvalue weighted by Crippen LogP contribution is -2.37. The van der Waals surface area contributed by atoms with Crippen LogP contribution >= 0.6 is 0 Å². The number of aliphatic carboxylic acids is 1. The van der Waals surface area contributed by atoms with E-state index in [1.54, 1.807) is 0 Å². The molecule has 4 nitrogen and oxygen atoms in total. The van der Waals surface area contributed by atoms with E-state index in [1.165, 1.54) is 11.1 Å². The molecule has 102 valence electrons. The normalized spacial score (nSPS) is 15.9. The highest BCUT2D eigenvalue weighted by Gasteiger charge is 2.56. The first-order valence-electron chi connectivity index (χ1n) is 6.53. The van der Waals surface area contributed by atoms with Crippen LogP contribution in [0.4, 0.5) is 0 Å². The van der Waals surface area contributed by atoms with Crippen LogP contribution in [0.25, 0.3) is 0 Å². The van der Waals surface area contributed by atoms with Crippen molar-refractivity contribution in [1.82, 2.24) is 5.32 Å². The van der Waals surface area contributed by atoms with Gasteiger partial charge < -0.3 is 10.4 Å². The topological polar surface area (TPSA) is 66.4 Å². The monoisotopic (exact) mass is 261 g/mol. The molecule has 1 fully saturated rings. The predicted octanol–water partition coefficient (Wildman–Crippen LogP) is 1.83. The van der Waals surface area contributed by atoms with E-state index in [2.05, 4.69) is 23.5 Å². The lowest BCUT2D eigenvalue weighted by molar-refractivity contribution is -0.149. The van der Waals surface area contributed by atoms with E-state index >= 15 is 0 Å². The van der Waals surface area contributed by atoms with Gasteiger partial charge in [0.1, 0.15) is 5.41 Å². The van der Waals surface area contributed by atoms with E-state index in [4.69, 9.17) is 5.11 Å². The second kappa shape index (κ2) is 5.03. The summed E-state index contributed by atoms with van der Waals surface area (Å²) in [5.41, 5.74) is 2.43. The van der Waals surface area contributed by atoms with E-state index < -0.39 is 11.4 Å². The smallest absolute Gasteiger partial charge is 0.319 e. The molecule has 0 radical (unpaired) electrons. The van der Waals surface area contributed by atoms with Gasteiger partial charge in [-0.25, -0.2) is 0 Å². The first kappa shape index (κ1) is 13.6. The third-order valence-corrected chi connectivity index (χ3v) is 3.57. The van der Waals surface area contributed by atoms with Gasteiger partial charge in [0.2, 0.25) is 5.91 Å². The highest BCUT2D eigenvalue weighted by molar-refractivity contribution is 6.04. The summed E-state index contributed by atoms with van der Waals surface area (Å²) in [6.45, 7) is 4.56. The number of carboxylic acid groups (broad SMARTS) is 1. The van der Waals surface area contributed by atoms with E-state index in [9.17, 15) is 9.59 Å². The number of hydrogen-bond acceptors (Lipinski definition) is 2. The number of amides is 1. The van der Waals surface area contributed by atoms with Gasteiger partial charge in [0.25, 0.3) is 0 Å². The Morgan fingerprint density at radius 2 is 1.79 bits per heavy atom. The summed E-state index contributed by atoms with van der Waals surface area (Å²) in [5.74, 6) is -1.35. The molecule has 1 aromatic rings. The largest absolute Gasteiger partial charge is 0.480 e. The number of hydrogen-bond donors (Lipinski definition) is 2. The summed E-state index contributed by atoms with van der Waals surface area (Å²) in [5, 5.41) is 11.7. The van der Waals surface area contributed by atoms with Crippen LogP contribution in [0.2, 0.25) is 0 Å².